The van der Waals surface area contributed by atoms with Crippen LogP contribution in [0.5, 0.6) is 0 Å². The first-order valence-corrected chi connectivity index (χ1v) is 27.4. The number of rotatable bonds is 49. The molecule has 0 aromatic carbocycles. The molecule has 1 aliphatic carbocycles. The zero-order chi connectivity index (χ0) is 45.0. The van der Waals surface area contributed by atoms with Crippen molar-refractivity contribution in [1.29, 1.82) is 0 Å². The van der Waals surface area contributed by atoms with Crippen LogP contribution in [0.3, 0.4) is 0 Å². The van der Waals surface area contributed by atoms with Crippen molar-refractivity contribution in [1.82, 2.24) is 9.80 Å². The van der Waals surface area contributed by atoms with Gasteiger partial charge in [-0.2, -0.15) is 0 Å². The highest BCUT2D eigenvalue weighted by Gasteiger charge is 2.24. The molecular formula is C54H106N2O6. The van der Waals surface area contributed by atoms with Crippen LogP contribution >= 0.6 is 0 Å². The molecule has 1 aliphatic rings. The molecule has 8 heteroatoms. The van der Waals surface area contributed by atoms with E-state index < -0.39 is 0 Å². The van der Waals surface area contributed by atoms with Crippen LogP contribution in [0, 0.1) is 11.8 Å². The maximum Gasteiger partial charge on any atom is 0.308 e. The summed E-state index contributed by atoms with van der Waals surface area (Å²) in [5.41, 5.74) is 0. The van der Waals surface area contributed by atoms with Crippen molar-refractivity contribution in [3.05, 3.63) is 0 Å². The molecule has 0 saturated heterocycles. The van der Waals surface area contributed by atoms with E-state index in [2.05, 4.69) is 44.4 Å². The zero-order valence-electron chi connectivity index (χ0n) is 42.2. The van der Waals surface area contributed by atoms with Crippen LogP contribution in [0.2, 0.25) is 0 Å². The Balaban J connectivity index is 2.47. The normalized spacial score (nSPS) is 13.2. The van der Waals surface area contributed by atoms with Crippen molar-refractivity contribution >= 4 is 11.9 Å². The molecule has 1 rings (SSSR count). The van der Waals surface area contributed by atoms with Crippen LogP contribution in [0.15, 0.2) is 0 Å². The lowest BCUT2D eigenvalue weighted by molar-refractivity contribution is -0.147. The van der Waals surface area contributed by atoms with Gasteiger partial charge in [0.2, 0.25) is 0 Å². The first-order chi connectivity index (χ1) is 30.5. The van der Waals surface area contributed by atoms with E-state index in [-0.39, 0.29) is 11.9 Å². The number of unbranched alkanes of at least 4 members (excludes halogenated alkanes) is 20. The molecular weight excluding hydrogens is 773 g/mol. The summed E-state index contributed by atoms with van der Waals surface area (Å²) in [6.07, 6.45) is 40.6. The highest BCUT2D eigenvalue weighted by molar-refractivity contribution is 5.69. The van der Waals surface area contributed by atoms with E-state index in [1.807, 2.05) is 0 Å². The number of esters is 2. The van der Waals surface area contributed by atoms with Gasteiger partial charge in [0.1, 0.15) is 0 Å². The molecule has 0 aromatic rings. The molecule has 62 heavy (non-hydrogen) atoms. The molecule has 0 radical (unpaired) electrons. The average molecular weight is 879 g/mol. The smallest absolute Gasteiger partial charge is 0.308 e. The third kappa shape index (κ3) is 36.1. The van der Waals surface area contributed by atoms with E-state index in [0.717, 1.165) is 38.8 Å². The Labute approximate surface area is 385 Å². The third-order valence-corrected chi connectivity index (χ3v) is 13.5. The monoisotopic (exact) mass is 879 g/mol. The minimum Gasteiger partial charge on any atom is -0.465 e. The molecule has 0 bridgehead atoms. The van der Waals surface area contributed by atoms with Crippen molar-refractivity contribution in [3.8, 4) is 0 Å². The average Bonchev–Trinajstić information content (AvgIpc) is 3.25. The Bertz CT molecular complexity index is 869. The fourth-order valence-corrected chi connectivity index (χ4v) is 8.90. The Hall–Kier alpha value is -1.22. The largest absolute Gasteiger partial charge is 0.465 e. The van der Waals surface area contributed by atoms with Gasteiger partial charge in [0.25, 0.3) is 0 Å². The molecule has 1 saturated carbocycles. The van der Waals surface area contributed by atoms with Gasteiger partial charge in [0.15, 0.2) is 0 Å². The summed E-state index contributed by atoms with van der Waals surface area (Å²) in [6, 6.07) is 0.721. The first-order valence-electron chi connectivity index (χ1n) is 27.4. The van der Waals surface area contributed by atoms with Gasteiger partial charge in [-0.3, -0.25) is 19.4 Å². The van der Waals surface area contributed by atoms with E-state index >= 15 is 0 Å². The summed E-state index contributed by atoms with van der Waals surface area (Å²) in [5, 5.41) is 0. The van der Waals surface area contributed by atoms with Crippen molar-refractivity contribution < 1.29 is 28.5 Å². The Morgan fingerprint density at radius 1 is 0.452 bits per heavy atom. The lowest BCUT2D eigenvalue weighted by atomic mass is 9.91. The van der Waals surface area contributed by atoms with E-state index in [9.17, 15) is 9.59 Å². The second kappa shape index (κ2) is 45.0. The van der Waals surface area contributed by atoms with Gasteiger partial charge in [0.05, 0.1) is 52.5 Å². The lowest BCUT2D eigenvalue weighted by Crippen LogP contribution is -2.45. The topological polar surface area (TPSA) is 77.5 Å². The van der Waals surface area contributed by atoms with Gasteiger partial charge in [-0.1, -0.05) is 195 Å². The van der Waals surface area contributed by atoms with Crippen LogP contribution in [-0.2, 0) is 28.5 Å². The van der Waals surface area contributed by atoms with Gasteiger partial charge < -0.3 is 18.9 Å². The minimum atomic E-state index is -0.130. The zero-order valence-corrected chi connectivity index (χ0v) is 42.2. The van der Waals surface area contributed by atoms with Crippen molar-refractivity contribution in [2.45, 2.75) is 253 Å². The van der Waals surface area contributed by atoms with E-state index in [4.69, 9.17) is 18.9 Å². The summed E-state index contributed by atoms with van der Waals surface area (Å²) >= 11 is 0. The number of nitrogens with zero attached hydrogens (tertiary/aromatic N) is 2. The molecule has 0 amide bonds. The number of likely N-dealkylation sites (N-methyl/N-ethyl adjacent to an activating group) is 1. The quantitative estimate of drug-likeness (QED) is 0.0442. The fourth-order valence-electron chi connectivity index (χ4n) is 8.90. The summed E-state index contributed by atoms with van der Waals surface area (Å²) in [5.74, 6) is 0.700. The molecule has 1 fully saturated rings. The lowest BCUT2D eigenvalue weighted by Gasteiger charge is -2.38. The van der Waals surface area contributed by atoms with E-state index in [1.54, 1.807) is 0 Å². The van der Waals surface area contributed by atoms with Crippen LogP contribution < -0.4 is 0 Å². The number of carbonyl (C=O) groups excluding carboxylic acids is 2. The number of hydrogen-bond donors (Lipinski definition) is 0. The van der Waals surface area contributed by atoms with Crippen LogP contribution in [0.1, 0.15) is 247 Å². The number of carbonyl (C=O) groups is 2. The predicted molar refractivity (Wildman–Crippen MR) is 263 cm³/mol. The molecule has 0 aromatic heterocycles. The predicted octanol–water partition coefficient (Wildman–Crippen LogP) is 14.3. The minimum absolute atomic E-state index is 0.130. The molecule has 0 atom stereocenters. The SMILES string of the molecule is CCCCCCCCC(CCCCCCCC)COC(=O)CCOCCN(CCOCCC(=O)OCC(CCCCCCCC)CCCCCCCC)CCN(CC)C1CCC1. The summed E-state index contributed by atoms with van der Waals surface area (Å²) < 4.78 is 23.7. The summed E-state index contributed by atoms with van der Waals surface area (Å²) in [7, 11) is 0. The molecule has 0 heterocycles. The Morgan fingerprint density at radius 3 is 1.13 bits per heavy atom. The highest BCUT2D eigenvalue weighted by atomic mass is 16.5. The Morgan fingerprint density at radius 2 is 0.806 bits per heavy atom. The van der Waals surface area contributed by atoms with Gasteiger partial charge >= 0.3 is 11.9 Å². The van der Waals surface area contributed by atoms with Gasteiger partial charge in [-0.25, -0.2) is 0 Å². The molecule has 0 aliphatic heterocycles. The molecule has 0 N–H and O–H groups in total. The van der Waals surface area contributed by atoms with E-state index in [1.165, 1.54) is 199 Å². The molecule has 0 unspecified atom stereocenters. The highest BCUT2D eigenvalue weighted by Crippen LogP contribution is 2.25. The number of hydrogen-bond acceptors (Lipinski definition) is 8. The van der Waals surface area contributed by atoms with Crippen molar-refractivity contribution in [2.24, 2.45) is 11.8 Å². The summed E-state index contributed by atoms with van der Waals surface area (Å²) in [6.45, 7) is 19.1. The molecule has 8 nitrogen and oxygen atoms in total. The van der Waals surface area contributed by atoms with Gasteiger partial charge in [0, 0.05) is 32.2 Å². The van der Waals surface area contributed by atoms with Crippen LogP contribution in [0.25, 0.3) is 0 Å². The van der Waals surface area contributed by atoms with Crippen molar-refractivity contribution in [2.75, 3.05) is 72.4 Å². The van der Waals surface area contributed by atoms with E-state index in [0.29, 0.717) is 64.3 Å². The fraction of sp³-hybridized carbons (Fsp3) is 0.963. The Kier molecular flexibility index (Phi) is 42.6. The maximum absolute atomic E-state index is 12.8. The van der Waals surface area contributed by atoms with Gasteiger partial charge in [-0.05, 0) is 56.9 Å². The third-order valence-electron chi connectivity index (χ3n) is 13.5. The van der Waals surface area contributed by atoms with Crippen LogP contribution in [-0.4, -0.2) is 100 Å². The van der Waals surface area contributed by atoms with Crippen molar-refractivity contribution in [3.63, 3.8) is 0 Å². The molecule has 368 valence electrons. The van der Waals surface area contributed by atoms with Crippen LogP contribution in [0.4, 0.5) is 0 Å². The standard InChI is InChI=1S/C54H106N2O6/c1-6-11-15-19-23-27-32-50(33-28-24-20-16-12-7-2)48-61-53(57)38-44-59-46-42-55(40-41-56(10-5)52-36-31-37-52)43-47-60-45-39-54(58)62-49-51(34-29-25-21-17-13-8-3)35-30-26-22-18-14-9-4/h50-52H,6-49H2,1-5H3. The number of ether oxygens (including phenoxy) is 4. The summed E-state index contributed by atoms with van der Waals surface area (Å²) in [4.78, 5) is 30.6. The molecule has 0 spiro atoms. The van der Waals surface area contributed by atoms with Gasteiger partial charge in [-0.15, -0.1) is 0 Å². The second-order valence-corrected chi connectivity index (χ2v) is 19.1. The first kappa shape index (κ1) is 58.8. The maximum atomic E-state index is 12.8. The second-order valence-electron chi connectivity index (χ2n) is 19.1.